The molecule has 10 nitrogen and oxygen atoms in total. The largest absolute Gasteiger partial charge is 0.470 e. The number of amides is 1. The van der Waals surface area contributed by atoms with Gasteiger partial charge in [0.25, 0.3) is 5.91 Å². The van der Waals surface area contributed by atoms with Crippen LogP contribution >= 0.6 is 11.3 Å². The van der Waals surface area contributed by atoms with Gasteiger partial charge in [0.05, 0.1) is 41.2 Å². The van der Waals surface area contributed by atoms with Crippen LogP contribution in [-0.4, -0.2) is 56.6 Å². The summed E-state index contributed by atoms with van der Waals surface area (Å²) in [4.78, 5) is 21.8. The molecule has 1 amide bonds. The number of anilines is 2. The van der Waals surface area contributed by atoms with E-state index in [9.17, 15) is 4.79 Å². The van der Waals surface area contributed by atoms with E-state index in [-0.39, 0.29) is 12.0 Å². The molecule has 2 N–H and O–H groups in total. The number of rotatable bonds is 6. The number of aromatic nitrogens is 5. The van der Waals surface area contributed by atoms with Crippen molar-refractivity contribution in [2.45, 2.75) is 12.5 Å². The van der Waals surface area contributed by atoms with Crippen LogP contribution in [0.2, 0.25) is 0 Å². The minimum Gasteiger partial charge on any atom is -0.470 e. The van der Waals surface area contributed by atoms with E-state index >= 15 is 0 Å². The summed E-state index contributed by atoms with van der Waals surface area (Å²) >= 11 is 1.35. The van der Waals surface area contributed by atoms with Crippen LogP contribution in [0.4, 0.5) is 11.6 Å². The van der Waals surface area contributed by atoms with E-state index in [4.69, 9.17) is 9.47 Å². The van der Waals surface area contributed by atoms with Gasteiger partial charge in [-0.05, 0) is 12.1 Å². The Morgan fingerprint density at radius 1 is 1.39 bits per heavy atom. The van der Waals surface area contributed by atoms with E-state index in [1.165, 1.54) is 11.3 Å². The summed E-state index contributed by atoms with van der Waals surface area (Å²) in [5, 5.41) is 11.9. The molecule has 0 spiro atoms. The number of carbonyl (C=O) groups excluding carboxylic acids is 1. The van der Waals surface area contributed by atoms with Gasteiger partial charge in [-0.3, -0.25) is 9.48 Å². The molecule has 5 heterocycles. The third-order valence-corrected chi connectivity index (χ3v) is 5.87. The maximum atomic E-state index is 11.8. The van der Waals surface area contributed by atoms with Crippen molar-refractivity contribution in [2.24, 2.45) is 7.05 Å². The monoisotopic (exact) mass is 439 g/mol. The Balaban J connectivity index is 1.54. The molecule has 1 aliphatic rings. The summed E-state index contributed by atoms with van der Waals surface area (Å²) in [6.45, 7) is 1.20. The normalized spacial score (nSPS) is 16.0. The minimum atomic E-state index is -0.131. The van der Waals surface area contributed by atoms with E-state index in [2.05, 4.69) is 25.7 Å². The molecule has 0 bridgehead atoms. The number of hydrogen-bond acceptors (Lipinski definition) is 8. The lowest BCUT2D eigenvalue weighted by atomic mass is 10.3. The number of aryl methyl sites for hydroxylation is 1. The second-order valence-corrected chi connectivity index (χ2v) is 8.06. The van der Waals surface area contributed by atoms with Crippen LogP contribution in [0.3, 0.4) is 0 Å². The summed E-state index contributed by atoms with van der Waals surface area (Å²) in [7, 11) is 3.48. The Labute approximate surface area is 181 Å². The van der Waals surface area contributed by atoms with Crippen LogP contribution in [0, 0.1) is 0 Å². The summed E-state index contributed by atoms with van der Waals surface area (Å²) in [6, 6.07) is 3.68. The third kappa shape index (κ3) is 3.84. The fourth-order valence-corrected chi connectivity index (χ4v) is 4.22. The summed E-state index contributed by atoms with van der Waals surface area (Å²) < 4.78 is 15.4. The van der Waals surface area contributed by atoms with Crippen molar-refractivity contribution < 1.29 is 14.3 Å². The molecule has 5 rings (SSSR count). The van der Waals surface area contributed by atoms with Gasteiger partial charge < -0.3 is 24.7 Å². The number of carbonyl (C=O) groups is 1. The molecular weight excluding hydrogens is 418 g/mol. The smallest absolute Gasteiger partial charge is 0.261 e. The van der Waals surface area contributed by atoms with E-state index in [1.54, 1.807) is 24.0 Å². The average Bonchev–Trinajstić information content (AvgIpc) is 3.54. The Morgan fingerprint density at radius 3 is 3.03 bits per heavy atom. The maximum Gasteiger partial charge on any atom is 0.261 e. The lowest BCUT2D eigenvalue weighted by Gasteiger charge is -2.14. The zero-order chi connectivity index (χ0) is 21.4. The molecule has 1 fully saturated rings. The Hall–Kier alpha value is -3.44. The van der Waals surface area contributed by atoms with Gasteiger partial charge in [0.15, 0.2) is 0 Å². The average molecular weight is 440 g/mol. The standard InChI is InChI=1S/C20H21N7O3S/c1-21-18(28)16-7-12(11-31-16)23-20-24-15-3-5-27(13-8-22-26(2)9-13)17(15)19(25-20)30-14-4-6-29-10-14/h3,5,7-9,11,14H,4,6,10H2,1-2H3,(H,21,28)(H,23,24,25)/t14-/m0/s1. The second-order valence-electron chi connectivity index (χ2n) is 7.15. The van der Waals surface area contributed by atoms with Crippen molar-refractivity contribution in [3.63, 3.8) is 0 Å². The first-order chi connectivity index (χ1) is 15.1. The Bertz CT molecular complexity index is 1240. The van der Waals surface area contributed by atoms with E-state index in [0.717, 1.165) is 28.8 Å². The van der Waals surface area contributed by atoms with E-state index in [1.807, 2.05) is 35.5 Å². The van der Waals surface area contributed by atoms with Gasteiger partial charge in [0, 0.05) is 38.3 Å². The van der Waals surface area contributed by atoms with Crippen LogP contribution in [-0.2, 0) is 11.8 Å². The predicted octanol–water partition coefficient (Wildman–Crippen LogP) is 2.49. The van der Waals surface area contributed by atoms with Crippen LogP contribution in [0.25, 0.3) is 16.7 Å². The fourth-order valence-electron chi connectivity index (χ4n) is 3.44. The highest BCUT2D eigenvalue weighted by Gasteiger charge is 2.22. The molecule has 0 saturated carbocycles. The van der Waals surface area contributed by atoms with Gasteiger partial charge in [0.2, 0.25) is 11.8 Å². The molecule has 1 saturated heterocycles. The molecule has 11 heteroatoms. The Morgan fingerprint density at radius 2 is 2.29 bits per heavy atom. The van der Waals surface area contributed by atoms with Crippen molar-refractivity contribution in [2.75, 3.05) is 25.6 Å². The molecule has 1 atom stereocenters. The second kappa shape index (κ2) is 8.00. The zero-order valence-corrected chi connectivity index (χ0v) is 17.8. The van der Waals surface area contributed by atoms with E-state index < -0.39 is 0 Å². The van der Waals surface area contributed by atoms with Gasteiger partial charge in [-0.1, -0.05) is 0 Å². The predicted molar refractivity (Wildman–Crippen MR) is 116 cm³/mol. The summed E-state index contributed by atoms with van der Waals surface area (Å²) in [6.07, 6.45) is 6.36. The lowest BCUT2D eigenvalue weighted by Crippen LogP contribution is -2.17. The van der Waals surface area contributed by atoms with Crippen molar-refractivity contribution in [3.8, 4) is 11.6 Å². The molecule has 4 aromatic heterocycles. The molecule has 4 aromatic rings. The highest BCUT2D eigenvalue weighted by Crippen LogP contribution is 2.31. The SMILES string of the molecule is CNC(=O)c1cc(Nc2nc(O[C@H]3CCOC3)c3c(ccn3-c3cnn(C)c3)n2)cs1. The number of hydrogen-bond donors (Lipinski definition) is 2. The zero-order valence-electron chi connectivity index (χ0n) is 17.0. The first-order valence-electron chi connectivity index (χ1n) is 9.81. The van der Waals surface area contributed by atoms with Crippen LogP contribution in [0.15, 0.2) is 36.1 Å². The van der Waals surface area contributed by atoms with Gasteiger partial charge in [-0.15, -0.1) is 11.3 Å². The van der Waals surface area contributed by atoms with Gasteiger partial charge in [0.1, 0.15) is 11.6 Å². The van der Waals surface area contributed by atoms with Gasteiger partial charge in [-0.2, -0.15) is 10.1 Å². The molecule has 0 aromatic carbocycles. The van der Waals surface area contributed by atoms with Gasteiger partial charge in [-0.25, -0.2) is 4.98 Å². The number of ether oxygens (including phenoxy) is 2. The molecule has 31 heavy (non-hydrogen) atoms. The molecule has 0 radical (unpaired) electrons. The third-order valence-electron chi connectivity index (χ3n) is 4.94. The number of thiophene rings is 1. The van der Waals surface area contributed by atoms with Crippen molar-refractivity contribution >= 4 is 39.9 Å². The quantitative estimate of drug-likeness (QED) is 0.475. The van der Waals surface area contributed by atoms with Crippen LogP contribution in [0.5, 0.6) is 5.88 Å². The molecule has 1 aliphatic heterocycles. The number of nitrogens with one attached hydrogen (secondary N) is 2. The van der Waals surface area contributed by atoms with Crippen molar-refractivity contribution in [1.82, 2.24) is 29.6 Å². The van der Waals surface area contributed by atoms with Crippen molar-refractivity contribution in [1.29, 1.82) is 0 Å². The Kier molecular flexibility index (Phi) is 5.04. The highest BCUT2D eigenvalue weighted by molar-refractivity contribution is 7.12. The summed E-state index contributed by atoms with van der Waals surface area (Å²) in [5.41, 5.74) is 3.13. The topological polar surface area (TPSA) is 108 Å². The minimum absolute atomic E-state index is 0.0656. The molecule has 0 aliphatic carbocycles. The van der Waals surface area contributed by atoms with Gasteiger partial charge >= 0.3 is 0 Å². The highest BCUT2D eigenvalue weighted by atomic mass is 32.1. The first kappa shape index (κ1) is 19.5. The molecule has 160 valence electrons. The number of nitrogens with zero attached hydrogens (tertiary/aromatic N) is 5. The molecule has 0 unspecified atom stereocenters. The fraction of sp³-hybridized carbons (Fsp3) is 0.300. The lowest BCUT2D eigenvalue weighted by molar-refractivity contribution is 0.0967. The summed E-state index contributed by atoms with van der Waals surface area (Å²) in [5.74, 6) is 0.735. The number of fused-ring (bicyclic) bond motifs is 1. The maximum absolute atomic E-state index is 11.8. The van der Waals surface area contributed by atoms with Crippen LogP contribution in [0.1, 0.15) is 16.1 Å². The first-order valence-corrected chi connectivity index (χ1v) is 10.7. The van der Waals surface area contributed by atoms with E-state index in [0.29, 0.717) is 29.9 Å². The van der Waals surface area contributed by atoms with Crippen LogP contribution < -0.4 is 15.4 Å². The van der Waals surface area contributed by atoms with Crippen molar-refractivity contribution in [3.05, 3.63) is 41.0 Å². The molecular formula is C20H21N7O3S.